The second-order valence-corrected chi connectivity index (χ2v) is 5.70. The summed E-state index contributed by atoms with van der Waals surface area (Å²) >= 11 is 1.73. The normalized spacial score (nSPS) is 24.2. The smallest absolute Gasteiger partial charge is 0.185 e. The average molecular weight is 239 g/mol. The molecule has 0 saturated carbocycles. The van der Waals surface area contributed by atoms with Crippen molar-refractivity contribution in [2.75, 3.05) is 18.0 Å². The zero-order chi connectivity index (χ0) is 11.5. The summed E-state index contributed by atoms with van der Waals surface area (Å²) in [7, 11) is 0. The summed E-state index contributed by atoms with van der Waals surface area (Å²) in [5, 5.41) is 3.25. The maximum Gasteiger partial charge on any atom is 0.185 e. The summed E-state index contributed by atoms with van der Waals surface area (Å²) in [4.78, 5) is 7.04. The highest BCUT2D eigenvalue weighted by Crippen LogP contribution is 2.26. The Morgan fingerprint density at radius 1 is 1.50 bits per heavy atom. The van der Waals surface area contributed by atoms with Gasteiger partial charge in [-0.3, -0.25) is 0 Å². The summed E-state index contributed by atoms with van der Waals surface area (Å²) in [5.74, 6) is 0.859. The van der Waals surface area contributed by atoms with Gasteiger partial charge < -0.3 is 10.6 Å². The van der Waals surface area contributed by atoms with Crippen molar-refractivity contribution >= 4 is 16.5 Å². The van der Waals surface area contributed by atoms with E-state index in [1.165, 1.54) is 19.3 Å². The fraction of sp³-hybridized carbons (Fsp3) is 0.750. The van der Waals surface area contributed by atoms with Gasteiger partial charge in [0.05, 0.1) is 5.69 Å². The van der Waals surface area contributed by atoms with Crippen LogP contribution in [0.2, 0.25) is 0 Å². The van der Waals surface area contributed by atoms with Crippen LogP contribution < -0.4 is 10.6 Å². The van der Waals surface area contributed by atoms with E-state index in [1.54, 1.807) is 11.3 Å². The Balaban J connectivity index is 2.05. The minimum Gasteiger partial charge on any atom is -0.348 e. The highest BCUT2D eigenvalue weighted by Gasteiger charge is 2.17. The first-order chi connectivity index (χ1) is 7.66. The molecule has 4 heteroatoms. The van der Waals surface area contributed by atoms with Crippen LogP contribution in [0.5, 0.6) is 0 Å². The maximum absolute atomic E-state index is 5.84. The molecule has 90 valence electrons. The van der Waals surface area contributed by atoms with Crippen LogP contribution in [0, 0.1) is 5.92 Å². The lowest BCUT2D eigenvalue weighted by molar-refractivity contribution is 0.521. The SMILES string of the molecule is CC1CCCN(c2nc(C(C)N)cs2)CC1. The van der Waals surface area contributed by atoms with Crippen molar-refractivity contribution < 1.29 is 0 Å². The lowest BCUT2D eigenvalue weighted by Crippen LogP contribution is -2.24. The molecule has 1 saturated heterocycles. The number of aromatic nitrogens is 1. The van der Waals surface area contributed by atoms with Gasteiger partial charge in [-0.15, -0.1) is 11.3 Å². The van der Waals surface area contributed by atoms with E-state index in [0.29, 0.717) is 0 Å². The number of nitrogens with two attached hydrogens (primary N) is 1. The van der Waals surface area contributed by atoms with Crippen LogP contribution in [-0.4, -0.2) is 18.1 Å². The summed E-state index contributed by atoms with van der Waals surface area (Å²) in [5.41, 5.74) is 6.86. The molecule has 3 nitrogen and oxygen atoms in total. The molecule has 2 N–H and O–H groups in total. The van der Waals surface area contributed by atoms with E-state index >= 15 is 0 Å². The van der Waals surface area contributed by atoms with Gasteiger partial charge in [-0.05, 0) is 32.1 Å². The predicted octanol–water partition coefficient (Wildman–Crippen LogP) is 2.79. The molecule has 16 heavy (non-hydrogen) atoms. The number of hydrogen-bond acceptors (Lipinski definition) is 4. The van der Waals surface area contributed by atoms with E-state index in [4.69, 9.17) is 5.73 Å². The minimum absolute atomic E-state index is 0.0518. The topological polar surface area (TPSA) is 42.2 Å². The van der Waals surface area contributed by atoms with E-state index in [-0.39, 0.29) is 6.04 Å². The van der Waals surface area contributed by atoms with Crippen LogP contribution >= 0.6 is 11.3 Å². The molecule has 1 aliphatic heterocycles. The number of hydrogen-bond donors (Lipinski definition) is 1. The molecule has 0 bridgehead atoms. The van der Waals surface area contributed by atoms with E-state index in [0.717, 1.165) is 29.8 Å². The summed E-state index contributed by atoms with van der Waals surface area (Å²) in [6.07, 6.45) is 3.92. The standard InChI is InChI=1S/C12H21N3S/c1-9-4-3-6-15(7-5-9)12-14-11(8-16-12)10(2)13/h8-10H,3-7,13H2,1-2H3. The molecule has 0 spiro atoms. The zero-order valence-corrected chi connectivity index (χ0v) is 11.0. The van der Waals surface area contributed by atoms with Crippen LogP contribution in [-0.2, 0) is 0 Å². The molecule has 0 radical (unpaired) electrons. The van der Waals surface area contributed by atoms with Gasteiger partial charge in [-0.25, -0.2) is 4.98 Å². The van der Waals surface area contributed by atoms with Crippen molar-refractivity contribution in [3.05, 3.63) is 11.1 Å². The van der Waals surface area contributed by atoms with Crippen molar-refractivity contribution in [2.45, 2.75) is 39.2 Å². The first-order valence-corrected chi connectivity index (χ1v) is 7.00. The highest BCUT2D eigenvalue weighted by atomic mass is 32.1. The third-order valence-electron chi connectivity index (χ3n) is 3.26. The van der Waals surface area contributed by atoms with Crippen LogP contribution in [0.3, 0.4) is 0 Å². The molecule has 2 heterocycles. The Morgan fingerprint density at radius 2 is 2.31 bits per heavy atom. The number of thiazole rings is 1. The second kappa shape index (κ2) is 5.15. The average Bonchev–Trinajstić information content (AvgIpc) is 2.63. The van der Waals surface area contributed by atoms with Gasteiger partial charge in [-0.1, -0.05) is 6.92 Å². The van der Waals surface area contributed by atoms with E-state index in [2.05, 4.69) is 22.2 Å². The highest BCUT2D eigenvalue weighted by molar-refractivity contribution is 7.13. The van der Waals surface area contributed by atoms with Crippen LogP contribution in [0.1, 0.15) is 44.8 Å². The molecule has 1 aliphatic rings. The molecular weight excluding hydrogens is 218 g/mol. The van der Waals surface area contributed by atoms with Crippen molar-refractivity contribution in [3.8, 4) is 0 Å². The molecule has 2 rings (SSSR count). The Bertz CT molecular complexity index is 335. The van der Waals surface area contributed by atoms with Crippen LogP contribution in [0.4, 0.5) is 5.13 Å². The molecule has 2 atom stereocenters. The van der Waals surface area contributed by atoms with E-state index < -0.39 is 0 Å². The summed E-state index contributed by atoms with van der Waals surface area (Å²) in [6, 6.07) is 0.0518. The fourth-order valence-electron chi connectivity index (χ4n) is 2.08. The first-order valence-electron chi connectivity index (χ1n) is 6.12. The van der Waals surface area contributed by atoms with Gasteiger partial charge >= 0.3 is 0 Å². The quantitative estimate of drug-likeness (QED) is 0.863. The van der Waals surface area contributed by atoms with Gasteiger partial charge in [0.1, 0.15) is 0 Å². The first kappa shape index (κ1) is 11.9. The predicted molar refractivity (Wildman–Crippen MR) is 69.9 cm³/mol. The maximum atomic E-state index is 5.84. The van der Waals surface area contributed by atoms with Crippen LogP contribution in [0.25, 0.3) is 0 Å². The van der Waals surface area contributed by atoms with Crippen LogP contribution in [0.15, 0.2) is 5.38 Å². The van der Waals surface area contributed by atoms with E-state index in [9.17, 15) is 0 Å². The Morgan fingerprint density at radius 3 is 3.00 bits per heavy atom. The number of rotatable bonds is 2. The lowest BCUT2D eigenvalue weighted by Gasteiger charge is -2.19. The molecular formula is C12H21N3S. The number of anilines is 1. The molecule has 0 amide bonds. The fourth-order valence-corrected chi connectivity index (χ4v) is 3.07. The minimum atomic E-state index is 0.0518. The Hall–Kier alpha value is -0.610. The Kier molecular flexibility index (Phi) is 3.82. The van der Waals surface area contributed by atoms with Gasteiger partial charge in [0.15, 0.2) is 5.13 Å². The van der Waals surface area contributed by atoms with Gasteiger partial charge in [-0.2, -0.15) is 0 Å². The van der Waals surface area contributed by atoms with Crippen molar-refractivity contribution in [2.24, 2.45) is 11.7 Å². The number of nitrogens with zero attached hydrogens (tertiary/aromatic N) is 2. The van der Waals surface area contributed by atoms with Crippen molar-refractivity contribution in [1.29, 1.82) is 0 Å². The largest absolute Gasteiger partial charge is 0.348 e. The monoisotopic (exact) mass is 239 g/mol. The van der Waals surface area contributed by atoms with Gasteiger partial charge in [0.25, 0.3) is 0 Å². The molecule has 1 aromatic heterocycles. The third kappa shape index (κ3) is 2.74. The van der Waals surface area contributed by atoms with Crippen molar-refractivity contribution in [3.63, 3.8) is 0 Å². The molecule has 1 aromatic rings. The van der Waals surface area contributed by atoms with Crippen molar-refractivity contribution in [1.82, 2.24) is 4.98 Å². The second-order valence-electron chi connectivity index (χ2n) is 4.87. The van der Waals surface area contributed by atoms with E-state index in [1.807, 2.05) is 6.92 Å². The summed E-state index contributed by atoms with van der Waals surface area (Å²) < 4.78 is 0. The molecule has 0 aliphatic carbocycles. The molecule has 2 unspecified atom stereocenters. The Labute approximate surface area is 102 Å². The molecule has 0 aromatic carbocycles. The molecule has 1 fully saturated rings. The zero-order valence-electron chi connectivity index (χ0n) is 10.1. The summed E-state index contributed by atoms with van der Waals surface area (Å²) in [6.45, 7) is 6.63. The van der Waals surface area contributed by atoms with Gasteiger partial charge in [0.2, 0.25) is 0 Å². The third-order valence-corrected chi connectivity index (χ3v) is 4.18. The lowest BCUT2D eigenvalue weighted by atomic mass is 10.0. The van der Waals surface area contributed by atoms with Gasteiger partial charge in [0, 0.05) is 24.5 Å².